The van der Waals surface area contributed by atoms with Crippen LogP contribution in [-0.4, -0.2) is 41.0 Å². The van der Waals surface area contributed by atoms with E-state index in [2.05, 4.69) is 15.2 Å². The van der Waals surface area contributed by atoms with Gasteiger partial charge in [-0.2, -0.15) is 0 Å². The molecule has 1 amide bonds. The lowest BCUT2D eigenvalue weighted by Crippen LogP contribution is -2.42. The third-order valence-corrected chi connectivity index (χ3v) is 5.52. The number of rotatable bonds is 2. The molecule has 2 atom stereocenters. The van der Waals surface area contributed by atoms with Crippen molar-refractivity contribution in [1.82, 2.24) is 15.2 Å². The third-order valence-electron chi connectivity index (χ3n) is 4.63. The molecule has 2 unspecified atom stereocenters. The van der Waals surface area contributed by atoms with Crippen LogP contribution in [0.15, 0.2) is 35.7 Å². The molecule has 1 aromatic heterocycles. The Morgan fingerprint density at radius 3 is 2.86 bits per heavy atom. The van der Waals surface area contributed by atoms with Gasteiger partial charge in [-0.1, -0.05) is 30.3 Å². The standard InChI is InChI=1S/C17H19N3OS/c21-17(20-13-6-7-14(20)10-18-9-8-13)15-11-22-16(19-15)12-4-2-1-3-5-12/h1-5,11,13-14,18H,6-10H2. The van der Waals surface area contributed by atoms with E-state index in [0.717, 1.165) is 42.9 Å². The van der Waals surface area contributed by atoms with Gasteiger partial charge >= 0.3 is 0 Å². The number of thiazole rings is 1. The normalized spacial score (nSPS) is 24.3. The molecule has 1 aromatic carbocycles. The minimum atomic E-state index is 0.106. The van der Waals surface area contributed by atoms with Gasteiger partial charge in [0.15, 0.2) is 0 Å². The average molecular weight is 313 g/mol. The Labute approximate surface area is 134 Å². The molecule has 2 bridgehead atoms. The summed E-state index contributed by atoms with van der Waals surface area (Å²) in [5.41, 5.74) is 1.68. The fraction of sp³-hybridized carbons (Fsp3) is 0.412. The van der Waals surface area contributed by atoms with E-state index in [4.69, 9.17) is 0 Å². The maximum Gasteiger partial charge on any atom is 0.273 e. The second-order valence-electron chi connectivity index (χ2n) is 5.99. The summed E-state index contributed by atoms with van der Waals surface area (Å²) in [6, 6.07) is 10.8. The van der Waals surface area contributed by atoms with E-state index >= 15 is 0 Å². The van der Waals surface area contributed by atoms with Crippen LogP contribution in [0.2, 0.25) is 0 Å². The van der Waals surface area contributed by atoms with Crippen molar-refractivity contribution in [2.75, 3.05) is 13.1 Å². The molecule has 0 saturated carbocycles. The summed E-state index contributed by atoms with van der Waals surface area (Å²) < 4.78 is 0. The molecule has 1 N–H and O–H groups in total. The zero-order chi connectivity index (χ0) is 14.9. The lowest BCUT2D eigenvalue weighted by Gasteiger charge is -2.27. The molecule has 22 heavy (non-hydrogen) atoms. The number of nitrogens with one attached hydrogen (secondary N) is 1. The Hall–Kier alpha value is -1.72. The molecule has 2 aliphatic rings. The van der Waals surface area contributed by atoms with Crippen LogP contribution in [0.3, 0.4) is 0 Å². The summed E-state index contributed by atoms with van der Waals surface area (Å²) in [7, 11) is 0. The van der Waals surface area contributed by atoms with Crippen LogP contribution in [0, 0.1) is 0 Å². The van der Waals surface area contributed by atoms with Crippen molar-refractivity contribution in [2.45, 2.75) is 31.3 Å². The fourth-order valence-electron chi connectivity index (χ4n) is 3.53. The van der Waals surface area contributed by atoms with Crippen molar-refractivity contribution in [3.63, 3.8) is 0 Å². The molecule has 0 spiro atoms. The zero-order valence-electron chi connectivity index (χ0n) is 12.4. The minimum Gasteiger partial charge on any atom is -0.330 e. The van der Waals surface area contributed by atoms with Crippen LogP contribution >= 0.6 is 11.3 Å². The van der Waals surface area contributed by atoms with Gasteiger partial charge < -0.3 is 10.2 Å². The highest BCUT2D eigenvalue weighted by Crippen LogP contribution is 2.31. The molecule has 3 heterocycles. The molecule has 2 saturated heterocycles. The van der Waals surface area contributed by atoms with Crippen LogP contribution in [0.25, 0.3) is 10.6 Å². The van der Waals surface area contributed by atoms with Gasteiger partial charge in [0.25, 0.3) is 5.91 Å². The number of carbonyl (C=O) groups excluding carboxylic acids is 1. The Kier molecular flexibility index (Phi) is 3.68. The first kappa shape index (κ1) is 13.9. The van der Waals surface area contributed by atoms with E-state index in [1.54, 1.807) is 11.3 Å². The van der Waals surface area contributed by atoms with Crippen LogP contribution < -0.4 is 5.32 Å². The number of benzene rings is 1. The highest BCUT2D eigenvalue weighted by Gasteiger charge is 2.39. The van der Waals surface area contributed by atoms with Crippen molar-refractivity contribution >= 4 is 17.2 Å². The molecule has 5 heteroatoms. The zero-order valence-corrected chi connectivity index (χ0v) is 13.2. The first-order chi connectivity index (χ1) is 10.8. The SMILES string of the molecule is O=C(c1csc(-c2ccccc2)n1)N1C2CCNCC1CC2. The molecule has 4 rings (SSSR count). The first-order valence-electron chi connectivity index (χ1n) is 7.87. The molecular formula is C17H19N3OS. The summed E-state index contributed by atoms with van der Waals surface area (Å²) >= 11 is 1.55. The van der Waals surface area contributed by atoms with E-state index in [9.17, 15) is 4.79 Å². The minimum absolute atomic E-state index is 0.106. The maximum absolute atomic E-state index is 12.9. The Balaban J connectivity index is 1.60. The lowest BCUT2D eigenvalue weighted by atomic mass is 10.1. The summed E-state index contributed by atoms with van der Waals surface area (Å²) in [5.74, 6) is 0.106. The Morgan fingerprint density at radius 2 is 2.00 bits per heavy atom. The first-order valence-corrected chi connectivity index (χ1v) is 8.75. The van der Waals surface area contributed by atoms with Crippen molar-refractivity contribution in [3.8, 4) is 10.6 Å². The molecule has 114 valence electrons. The quantitative estimate of drug-likeness (QED) is 0.927. The molecule has 4 nitrogen and oxygen atoms in total. The summed E-state index contributed by atoms with van der Waals surface area (Å²) in [5, 5.41) is 6.26. The highest BCUT2D eigenvalue weighted by molar-refractivity contribution is 7.13. The molecule has 2 fully saturated rings. The second-order valence-corrected chi connectivity index (χ2v) is 6.85. The van der Waals surface area contributed by atoms with Crippen LogP contribution in [0.4, 0.5) is 0 Å². The number of carbonyl (C=O) groups is 1. The van der Waals surface area contributed by atoms with E-state index in [-0.39, 0.29) is 5.91 Å². The van der Waals surface area contributed by atoms with Crippen LogP contribution in [-0.2, 0) is 0 Å². The molecule has 0 aliphatic carbocycles. The van der Waals surface area contributed by atoms with Gasteiger partial charge in [0.1, 0.15) is 10.7 Å². The number of hydrogen-bond donors (Lipinski definition) is 1. The summed E-state index contributed by atoms with van der Waals surface area (Å²) in [6.07, 6.45) is 3.30. The van der Waals surface area contributed by atoms with Gasteiger partial charge in [0.2, 0.25) is 0 Å². The predicted octanol–water partition coefficient (Wildman–Crippen LogP) is 2.78. The topological polar surface area (TPSA) is 45.2 Å². The van der Waals surface area contributed by atoms with Gasteiger partial charge in [-0.25, -0.2) is 4.98 Å². The van der Waals surface area contributed by atoms with E-state index < -0.39 is 0 Å². The molecular weight excluding hydrogens is 294 g/mol. The number of fused-ring (bicyclic) bond motifs is 2. The Morgan fingerprint density at radius 1 is 1.18 bits per heavy atom. The Bertz CT molecular complexity index is 656. The smallest absolute Gasteiger partial charge is 0.273 e. The van der Waals surface area contributed by atoms with Crippen LogP contribution in [0.1, 0.15) is 29.8 Å². The van der Waals surface area contributed by atoms with Gasteiger partial charge in [-0.15, -0.1) is 11.3 Å². The number of nitrogens with zero attached hydrogens (tertiary/aromatic N) is 2. The summed E-state index contributed by atoms with van der Waals surface area (Å²) in [6.45, 7) is 1.93. The lowest BCUT2D eigenvalue weighted by molar-refractivity contribution is 0.0675. The number of hydrogen-bond acceptors (Lipinski definition) is 4. The fourth-order valence-corrected chi connectivity index (χ4v) is 4.33. The second kappa shape index (κ2) is 5.82. The highest BCUT2D eigenvalue weighted by atomic mass is 32.1. The van der Waals surface area contributed by atoms with Gasteiger partial charge in [-0.05, 0) is 25.8 Å². The van der Waals surface area contributed by atoms with Crippen molar-refractivity contribution in [1.29, 1.82) is 0 Å². The van der Waals surface area contributed by atoms with Crippen molar-refractivity contribution in [2.24, 2.45) is 0 Å². The maximum atomic E-state index is 12.9. The van der Waals surface area contributed by atoms with Crippen LogP contribution in [0.5, 0.6) is 0 Å². The van der Waals surface area contributed by atoms with Gasteiger partial charge in [0.05, 0.1) is 0 Å². The van der Waals surface area contributed by atoms with E-state index in [1.807, 2.05) is 35.7 Å². The molecule has 0 radical (unpaired) electrons. The van der Waals surface area contributed by atoms with Crippen molar-refractivity contribution < 1.29 is 4.79 Å². The third kappa shape index (κ3) is 2.44. The monoisotopic (exact) mass is 313 g/mol. The number of aromatic nitrogens is 1. The van der Waals surface area contributed by atoms with E-state index in [0.29, 0.717) is 17.8 Å². The van der Waals surface area contributed by atoms with Gasteiger partial charge in [0, 0.05) is 29.6 Å². The molecule has 2 aliphatic heterocycles. The number of amides is 1. The largest absolute Gasteiger partial charge is 0.330 e. The summed E-state index contributed by atoms with van der Waals surface area (Å²) in [4.78, 5) is 19.6. The van der Waals surface area contributed by atoms with Crippen molar-refractivity contribution in [3.05, 3.63) is 41.4 Å². The average Bonchev–Trinajstić information content (AvgIpc) is 3.12. The predicted molar refractivity (Wildman–Crippen MR) is 88.0 cm³/mol. The van der Waals surface area contributed by atoms with Gasteiger partial charge in [-0.3, -0.25) is 4.79 Å². The molecule has 2 aromatic rings. The van der Waals surface area contributed by atoms with E-state index in [1.165, 1.54) is 0 Å².